The van der Waals surface area contributed by atoms with Gasteiger partial charge in [0.15, 0.2) is 6.61 Å². The molecule has 2 aromatic heterocycles. The molecule has 0 spiro atoms. The molecule has 3 aromatic rings. The predicted octanol–water partition coefficient (Wildman–Crippen LogP) is 6.21. The summed E-state index contributed by atoms with van der Waals surface area (Å²) in [5, 5.41) is 6.09. The number of fused-ring (bicyclic) bond motifs is 1. The summed E-state index contributed by atoms with van der Waals surface area (Å²) in [4.78, 5) is 26.4. The molecular weight excluding hydrogens is 460 g/mol. The number of nitrogens with zero attached hydrogens (tertiary/aromatic N) is 2. The summed E-state index contributed by atoms with van der Waals surface area (Å²) < 4.78 is 12.8. The van der Waals surface area contributed by atoms with Gasteiger partial charge in [-0.3, -0.25) is 0 Å². The first-order valence-electron chi connectivity index (χ1n) is 11.3. The van der Waals surface area contributed by atoms with Crippen LogP contribution in [-0.4, -0.2) is 34.4 Å². The van der Waals surface area contributed by atoms with Crippen molar-refractivity contribution in [1.29, 1.82) is 0 Å². The number of halogens is 1. The van der Waals surface area contributed by atoms with Gasteiger partial charge in [-0.15, -0.1) is 11.3 Å². The van der Waals surface area contributed by atoms with Crippen LogP contribution >= 0.6 is 22.9 Å². The van der Waals surface area contributed by atoms with E-state index in [2.05, 4.69) is 25.9 Å². The molecule has 0 radical (unpaired) electrons. The number of esters is 2. The molecule has 0 unspecified atom stereocenters. The second-order valence-corrected chi connectivity index (χ2v) is 10.7. The smallest absolute Gasteiger partial charge is 0.348 e. The average molecular weight is 489 g/mol. The van der Waals surface area contributed by atoms with E-state index in [0.29, 0.717) is 27.7 Å². The van der Waals surface area contributed by atoms with Crippen molar-refractivity contribution in [2.24, 2.45) is 17.8 Å². The zero-order chi connectivity index (χ0) is 23.7. The maximum atomic E-state index is 12.7. The summed E-state index contributed by atoms with van der Waals surface area (Å²) in [7, 11) is 0. The number of carbonyl (C=O) groups is 2. The van der Waals surface area contributed by atoms with Gasteiger partial charge in [-0.2, -0.15) is 5.10 Å². The number of benzene rings is 1. The molecule has 0 bridgehead atoms. The van der Waals surface area contributed by atoms with E-state index in [0.717, 1.165) is 40.9 Å². The highest BCUT2D eigenvalue weighted by Gasteiger charge is 2.33. The fourth-order valence-electron chi connectivity index (χ4n) is 4.55. The lowest BCUT2D eigenvalue weighted by Gasteiger charge is -2.36. The third-order valence-electron chi connectivity index (χ3n) is 6.38. The zero-order valence-electron chi connectivity index (χ0n) is 19.3. The topological polar surface area (TPSA) is 70.4 Å². The van der Waals surface area contributed by atoms with E-state index < -0.39 is 11.9 Å². The Morgan fingerprint density at radius 1 is 1.24 bits per heavy atom. The lowest BCUT2D eigenvalue weighted by Crippen LogP contribution is -2.36. The van der Waals surface area contributed by atoms with E-state index in [1.165, 1.54) is 11.3 Å². The minimum atomic E-state index is -0.535. The molecular formula is C25H29ClN2O4S. The summed E-state index contributed by atoms with van der Waals surface area (Å²) >= 11 is 7.28. The standard InChI is InChI=1S/C25H29ClN2O4S/c1-14(2)19-10-5-15(3)11-21(19)32-23(29)13-31-25(30)22-12-20-16(4)27-28(24(20)33-22)18-8-6-17(26)7-9-18/h6-9,12,14-15,19,21H,5,10-11,13H2,1-4H3/t15-,19+,21-/m1/s1. The van der Waals surface area contributed by atoms with Crippen molar-refractivity contribution in [3.63, 3.8) is 0 Å². The molecule has 176 valence electrons. The molecule has 0 aliphatic heterocycles. The highest BCUT2D eigenvalue weighted by Crippen LogP contribution is 2.35. The third-order valence-corrected chi connectivity index (χ3v) is 7.72. The van der Waals surface area contributed by atoms with E-state index in [-0.39, 0.29) is 12.7 Å². The van der Waals surface area contributed by atoms with E-state index in [4.69, 9.17) is 21.1 Å². The Hall–Kier alpha value is -2.38. The van der Waals surface area contributed by atoms with Crippen LogP contribution < -0.4 is 0 Å². The summed E-state index contributed by atoms with van der Waals surface area (Å²) in [5.74, 6) is 0.301. The van der Waals surface area contributed by atoms with Crippen LogP contribution in [0, 0.1) is 24.7 Å². The quantitative estimate of drug-likeness (QED) is 0.386. The number of carbonyl (C=O) groups excluding carboxylic acids is 2. The fourth-order valence-corrected chi connectivity index (χ4v) is 5.76. The van der Waals surface area contributed by atoms with Gasteiger partial charge in [-0.1, -0.05) is 38.8 Å². The van der Waals surface area contributed by atoms with Crippen LogP contribution in [0.25, 0.3) is 15.9 Å². The van der Waals surface area contributed by atoms with Crippen molar-refractivity contribution in [2.45, 2.75) is 53.1 Å². The molecule has 4 rings (SSSR count). The first-order valence-corrected chi connectivity index (χ1v) is 12.5. The fraction of sp³-hybridized carbons (Fsp3) is 0.480. The van der Waals surface area contributed by atoms with Gasteiger partial charge < -0.3 is 9.47 Å². The van der Waals surface area contributed by atoms with Gasteiger partial charge in [0.25, 0.3) is 0 Å². The minimum Gasteiger partial charge on any atom is -0.460 e. The van der Waals surface area contributed by atoms with Gasteiger partial charge in [0.2, 0.25) is 0 Å². The van der Waals surface area contributed by atoms with Gasteiger partial charge >= 0.3 is 11.9 Å². The Bertz CT molecular complexity index is 1150. The van der Waals surface area contributed by atoms with Crippen LogP contribution in [0.1, 0.15) is 55.4 Å². The molecule has 0 saturated heterocycles. The number of ether oxygens (including phenoxy) is 2. The summed E-state index contributed by atoms with van der Waals surface area (Å²) in [6, 6.07) is 9.10. The van der Waals surface area contributed by atoms with Crippen LogP contribution in [0.3, 0.4) is 0 Å². The molecule has 6 nitrogen and oxygen atoms in total. The average Bonchev–Trinajstić information content (AvgIpc) is 3.33. The van der Waals surface area contributed by atoms with Gasteiger partial charge in [0.05, 0.1) is 11.4 Å². The van der Waals surface area contributed by atoms with Crippen molar-refractivity contribution in [3.8, 4) is 5.69 Å². The van der Waals surface area contributed by atoms with Crippen molar-refractivity contribution >= 4 is 45.1 Å². The van der Waals surface area contributed by atoms with Crippen LogP contribution in [0.15, 0.2) is 30.3 Å². The van der Waals surface area contributed by atoms with Crippen LogP contribution in [0.2, 0.25) is 5.02 Å². The normalized spacial score (nSPS) is 20.8. The monoisotopic (exact) mass is 488 g/mol. The second kappa shape index (κ2) is 9.85. The van der Waals surface area contributed by atoms with Crippen molar-refractivity contribution in [3.05, 3.63) is 45.9 Å². The van der Waals surface area contributed by atoms with E-state index >= 15 is 0 Å². The van der Waals surface area contributed by atoms with Crippen LogP contribution in [-0.2, 0) is 14.3 Å². The Labute approximate surface area is 202 Å². The van der Waals surface area contributed by atoms with Gasteiger partial charge in [0, 0.05) is 10.4 Å². The van der Waals surface area contributed by atoms with Crippen LogP contribution in [0.5, 0.6) is 0 Å². The second-order valence-electron chi connectivity index (χ2n) is 9.23. The van der Waals surface area contributed by atoms with E-state index in [1.54, 1.807) is 22.9 Å². The maximum Gasteiger partial charge on any atom is 0.348 e. The molecule has 1 aliphatic carbocycles. The molecule has 0 N–H and O–H groups in total. The Kier molecular flexibility index (Phi) is 7.10. The molecule has 33 heavy (non-hydrogen) atoms. The number of aromatic nitrogens is 2. The Morgan fingerprint density at radius 2 is 1.97 bits per heavy atom. The lowest BCUT2D eigenvalue weighted by molar-refractivity contribution is -0.159. The van der Waals surface area contributed by atoms with Crippen molar-refractivity contribution in [2.75, 3.05) is 6.61 Å². The number of aryl methyl sites for hydroxylation is 1. The lowest BCUT2D eigenvalue weighted by atomic mass is 9.75. The van der Waals surface area contributed by atoms with Crippen molar-refractivity contribution < 1.29 is 19.1 Å². The molecule has 1 aliphatic rings. The first-order chi connectivity index (χ1) is 15.7. The van der Waals surface area contributed by atoms with Crippen molar-refractivity contribution in [1.82, 2.24) is 9.78 Å². The highest BCUT2D eigenvalue weighted by molar-refractivity contribution is 7.20. The largest absolute Gasteiger partial charge is 0.460 e. The number of hydrogen-bond acceptors (Lipinski definition) is 6. The molecule has 3 atom stereocenters. The maximum absolute atomic E-state index is 12.7. The summed E-state index contributed by atoms with van der Waals surface area (Å²) in [5.41, 5.74) is 1.66. The van der Waals surface area contributed by atoms with E-state index in [9.17, 15) is 9.59 Å². The number of rotatable bonds is 6. The predicted molar refractivity (Wildman–Crippen MR) is 130 cm³/mol. The Morgan fingerprint density at radius 3 is 2.67 bits per heavy atom. The number of thiophene rings is 1. The summed E-state index contributed by atoms with van der Waals surface area (Å²) in [6.45, 7) is 8.02. The van der Waals surface area contributed by atoms with Gasteiger partial charge in [-0.25, -0.2) is 14.3 Å². The summed E-state index contributed by atoms with van der Waals surface area (Å²) in [6.07, 6.45) is 2.96. The Balaban J connectivity index is 1.42. The van der Waals surface area contributed by atoms with Crippen LogP contribution in [0.4, 0.5) is 0 Å². The zero-order valence-corrected chi connectivity index (χ0v) is 20.9. The molecule has 1 saturated carbocycles. The van der Waals surface area contributed by atoms with Gasteiger partial charge in [-0.05, 0) is 67.9 Å². The minimum absolute atomic E-state index is 0.114. The molecule has 1 fully saturated rings. The third kappa shape index (κ3) is 5.25. The SMILES string of the molecule is Cc1nn(-c2ccc(Cl)cc2)c2sc(C(=O)OCC(=O)O[C@@H]3C[C@H](C)CC[C@H]3C(C)C)cc12. The molecule has 8 heteroatoms. The molecule has 2 heterocycles. The van der Waals surface area contributed by atoms with Gasteiger partial charge in [0.1, 0.15) is 15.8 Å². The first kappa shape index (κ1) is 23.8. The molecule has 0 amide bonds. The number of hydrogen-bond donors (Lipinski definition) is 0. The van der Waals surface area contributed by atoms with E-state index in [1.807, 2.05) is 19.1 Å². The highest BCUT2D eigenvalue weighted by atomic mass is 35.5. The molecule has 1 aromatic carbocycles.